The van der Waals surface area contributed by atoms with Crippen molar-refractivity contribution in [2.45, 2.75) is 0 Å². The summed E-state index contributed by atoms with van der Waals surface area (Å²) in [5.74, 6) is 0.256. The van der Waals surface area contributed by atoms with Gasteiger partial charge in [-0.1, -0.05) is 6.07 Å². The maximum Gasteiger partial charge on any atom is 0.293 e. The van der Waals surface area contributed by atoms with Crippen LogP contribution in [0.25, 0.3) is 0 Å². The number of anilines is 1. The van der Waals surface area contributed by atoms with E-state index in [2.05, 4.69) is 10.5 Å². The minimum Gasteiger partial charge on any atom is -0.497 e. The Morgan fingerprint density at radius 2 is 1.92 bits per heavy atom. The van der Waals surface area contributed by atoms with Crippen molar-refractivity contribution in [2.75, 3.05) is 26.1 Å². The van der Waals surface area contributed by atoms with Gasteiger partial charge in [0.1, 0.15) is 11.4 Å². The molecule has 0 aromatic heterocycles. The molecule has 1 N–H and O–H groups in total. The van der Waals surface area contributed by atoms with E-state index in [1.807, 2.05) is 0 Å². The maximum absolute atomic E-state index is 12.0. The molecule has 1 amide bonds. The highest BCUT2D eigenvalue weighted by atomic mass is 16.6. The highest BCUT2D eigenvalue weighted by molar-refractivity contribution is 5.95. The number of hydrogen-bond donors (Lipinski definition) is 1. The monoisotopic (exact) mass is 342 g/mol. The van der Waals surface area contributed by atoms with E-state index in [4.69, 9.17) is 4.74 Å². The van der Waals surface area contributed by atoms with Crippen LogP contribution in [0.2, 0.25) is 0 Å². The lowest BCUT2D eigenvalue weighted by atomic mass is 10.2. The van der Waals surface area contributed by atoms with E-state index in [9.17, 15) is 14.9 Å². The second-order valence-corrected chi connectivity index (χ2v) is 5.33. The van der Waals surface area contributed by atoms with Crippen molar-refractivity contribution >= 4 is 23.5 Å². The number of amides is 1. The van der Waals surface area contributed by atoms with E-state index in [0.717, 1.165) is 0 Å². The minimum atomic E-state index is -0.456. The Morgan fingerprint density at radius 1 is 1.24 bits per heavy atom. The molecule has 8 heteroatoms. The molecule has 0 fully saturated rings. The van der Waals surface area contributed by atoms with Crippen LogP contribution in [0.5, 0.6) is 5.75 Å². The standard InChI is InChI=1S/C17H18N4O4/c1-20(2)15-9-4-12(10-16(15)21(23)24)11-18-19-17(22)13-5-7-14(25-3)8-6-13/h4-11H,1-3H3,(H,19,22)/b18-11-. The van der Waals surface area contributed by atoms with E-state index < -0.39 is 10.8 Å². The molecule has 0 saturated carbocycles. The first-order valence-electron chi connectivity index (χ1n) is 7.35. The molecule has 0 spiro atoms. The van der Waals surface area contributed by atoms with Crippen molar-refractivity contribution in [1.82, 2.24) is 5.43 Å². The number of nitrogens with zero attached hydrogens (tertiary/aromatic N) is 3. The predicted molar refractivity (Wildman–Crippen MR) is 95.5 cm³/mol. The molecule has 0 atom stereocenters. The second kappa shape index (κ2) is 7.91. The van der Waals surface area contributed by atoms with Crippen molar-refractivity contribution in [3.8, 4) is 5.75 Å². The molecule has 0 unspecified atom stereocenters. The molecule has 130 valence electrons. The van der Waals surface area contributed by atoms with Crippen LogP contribution in [0.3, 0.4) is 0 Å². The first-order valence-corrected chi connectivity index (χ1v) is 7.35. The Morgan fingerprint density at radius 3 is 2.48 bits per heavy atom. The lowest BCUT2D eigenvalue weighted by molar-refractivity contribution is -0.384. The van der Waals surface area contributed by atoms with E-state index in [0.29, 0.717) is 22.6 Å². The molecule has 2 aromatic rings. The summed E-state index contributed by atoms with van der Waals surface area (Å²) >= 11 is 0. The van der Waals surface area contributed by atoms with Gasteiger partial charge in [-0.25, -0.2) is 5.43 Å². The third-order valence-corrected chi connectivity index (χ3v) is 3.41. The van der Waals surface area contributed by atoms with Gasteiger partial charge in [-0.05, 0) is 30.3 Å². The van der Waals surface area contributed by atoms with Gasteiger partial charge in [0.25, 0.3) is 11.6 Å². The zero-order valence-electron chi connectivity index (χ0n) is 14.1. The van der Waals surface area contributed by atoms with E-state index in [-0.39, 0.29) is 5.69 Å². The van der Waals surface area contributed by atoms with Crippen molar-refractivity contribution < 1.29 is 14.5 Å². The van der Waals surface area contributed by atoms with Crippen molar-refractivity contribution in [1.29, 1.82) is 0 Å². The first-order chi connectivity index (χ1) is 11.9. The highest BCUT2D eigenvalue weighted by Crippen LogP contribution is 2.27. The van der Waals surface area contributed by atoms with Crippen LogP contribution < -0.4 is 15.1 Å². The van der Waals surface area contributed by atoms with Gasteiger partial charge < -0.3 is 9.64 Å². The Balaban J connectivity index is 2.09. The fourth-order valence-corrected chi connectivity index (χ4v) is 2.12. The summed E-state index contributed by atoms with van der Waals surface area (Å²) in [6, 6.07) is 11.3. The Bertz CT molecular complexity index is 801. The van der Waals surface area contributed by atoms with Crippen LogP contribution in [0, 0.1) is 10.1 Å². The average Bonchev–Trinajstić information content (AvgIpc) is 2.61. The molecule has 0 bridgehead atoms. The largest absolute Gasteiger partial charge is 0.497 e. The van der Waals surface area contributed by atoms with Crippen LogP contribution in [0.4, 0.5) is 11.4 Å². The lowest BCUT2D eigenvalue weighted by Crippen LogP contribution is -2.17. The zero-order chi connectivity index (χ0) is 18.4. The summed E-state index contributed by atoms with van der Waals surface area (Å²) < 4.78 is 5.03. The maximum atomic E-state index is 12.0. The number of carbonyl (C=O) groups excluding carboxylic acids is 1. The van der Waals surface area contributed by atoms with Gasteiger partial charge in [-0.3, -0.25) is 14.9 Å². The van der Waals surface area contributed by atoms with Gasteiger partial charge >= 0.3 is 0 Å². The van der Waals surface area contributed by atoms with Gasteiger partial charge in [-0.2, -0.15) is 5.10 Å². The van der Waals surface area contributed by atoms with Gasteiger partial charge in [0.2, 0.25) is 0 Å². The van der Waals surface area contributed by atoms with Crippen LogP contribution in [0.15, 0.2) is 47.6 Å². The summed E-state index contributed by atoms with van der Waals surface area (Å²) in [6.07, 6.45) is 1.36. The molecule has 8 nitrogen and oxygen atoms in total. The van der Waals surface area contributed by atoms with E-state index >= 15 is 0 Å². The summed E-state index contributed by atoms with van der Waals surface area (Å²) in [7, 11) is 5.00. The smallest absolute Gasteiger partial charge is 0.293 e. The predicted octanol–water partition coefficient (Wildman–Crippen LogP) is 2.43. The Kier molecular flexibility index (Phi) is 5.67. The highest BCUT2D eigenvalue weighted by Gasteiger charge is 2.15. The number of benzene rings is 2. The molecule has 0 heterocycles. The fraction of sp³-hybridized carbons (Fsp3) is 0.176. The van der Waals surface area contributed by atoms with Crippen molar-refractivity contribution in [2.24, 2.45) is 5.10 Å². The second-order valence-electron chi connectivity index (χ2n) is 5.33. The molecule has 25 heavy (non-hydrogen) atoms. The molecule has 0 aliphatic rings. The quantitative estimate of drug-likeness (QED) is 0.494. The number of hydrazone groups is 1. The number of nitro groups is 1. The fourth-order valence-electron chi connectivity index (χ4n) is 2.12. The molecular weight excluding hydrogens is 324 g/mol. The summed E-state index contributed by atoms with van der Waals surface area (Å²) in [4.78, 5) is 24.3. The van der Waals surface area contributed by atoms with E-state index in [1.54, 1.807) is 62.5 Å². The van der Waals surface area contributed by atoms with Crippen LogP contribution in [-0.4, -0.2) is 38.3 Å². The molecule has 0 aliphatic heterocycles. The molecule has 2 aromatic carbocycles. The van der Waals surface area contributed by atoms with Crippen LogP contribution in [-0.2, 0) is 0 Å². The third-order valence-electron chi connectivity index (χ3n) is 3.41. The number of nitrogens with one attached hydrogen (secondary N) is 1. The lowest BCUT2D eigenvalue weighted by Gasteiger charge is -2.12. The Labute approximate surface area is 144 Å². The van der Waals surface area contributed by atoms with Gasteiger partial charge in [0.15, 0.2) is 0 Å². The normalized spacial score (nSPS) is 10.5. The molecular formula is C17H18N4O4. The number of rotatable bonds is 6. The number of carbonyl (C=O) groups is 1. The number of hydrogen-bond acceptors (Lipinski definition) is 6. The first kappa shape index (κ1) is 17.9. The van der Waals surface area contributed by atoms with Gasteiger partial charge in [0, 0.05) is 31.3 Å². The van der Waals surface area contributed by atoms with Crippen LogP contribution in [0.1, 0.15) is 15.9 Å². The number of ether oxygens (including phenoxy) is 1. The number of nitro benzene ring substituents is 1. The zero-order valence-corrected chi connectivity index (χ0v) is 14.1. The van der Waals surface area contributed by atoms with Gasteiger partial charge in [-0.15, -0.1) is 0 Å². The topological polar surface area (TPSA) is 97.1 Å². The summed E-state index contributed by atoms with van der Waals surface area (Å²) in [5, 5.41) is 15.0. The van der Waals surface area contributed by atoms with Gasteiger partial charge in [0.05, 0.1) is 18.2 Å². The molecule has 2 rings (SSSR count). The van der Waals surface area contributed by atoms with E-state index in [1.165, 1.54) is 12.3 Å². The molecule has 0 radical (unpaired) electrons. The van der Waals surface area contributed by atoms with Crippen molar-refractivity contribution in [3.05, 3.63) is 63.7 Å². The Hall–Kier alpha value is -3.42. The summed E-state index contributed by atoms with van der Waals surface area (Å²) in [5.41, 5.74) is 3.77. The minimum absolute atomic E-state index is 0.0320. The molecule has 0 saturated heterocycles. The summed E-state index contributed by atoms with van der Waals surface area (Å²) in [6.45, 7) is 0. The third kappa shape index (κ3) is 4.54. The van der Waals surface area contributed by atoms with Crippen LogP contribution >= 0.6 is 0 Å². The van der Waals surface area contributed by atoms with Crippen molar-refractivity contribution in [3.63, 3.8) is 0 Å². The average molecular weight is 342 g/mol. The number of methoxy groups -OCH3 is 1. The SMILES string of the molecule is COc1ccc(C(=O)N/N=C\c2ccc(N(C)C)c([N+](=O)[O-])c2)cc1. The molecule has 0 aliphatic carbocycles.